The minimum absolute atomic E-state index is 0.172. The predicted octanol–water partition coefficient (Wildman–Crippen LogP) is 2.97. The molecule has 2 fully saturated rings. The lowest BCUT2D eigenvalue weighted by Gasteiger charge is -2.39. The molecule has 2 aliphatic rings. The number of hydrogen-bond acceptors (Lipinski definition) is 2. The van der Waals surface area contributed by atoms with E-state index < -0.39 is 0 Å². The van der Waals surface area contributed by atoms with Gasteiger partial charge in [-0.05, 0) is 56.9 Å². The molecular formula is C14H27NO. The SMILES string of the molecule is CCNCC1(OCC2CC2)CCC(C)CC1. The molecule has 0 atom stereocenters. The Kier molecular flexibility index (Phi) is 4.26. The van der Waals surface area contributed by atoms with Crippen LogP contribution in [-0.2, 0) is 4.74 Å². The van der Waals surface area contributed by atoms with Gasteiger partial charge in [0.05, 0.1) is 12.2 Å². The summed E-state index contributed by atoms with van der Waals surface area (Å²) < 4.78 is 6.28. The average molecular weight is 225 g/mol. The van der Waals surface area contributed by atoms with E-state index in [1.54, 1.807) is 0 Å². The Balaban J connectivity index is 1.83. The first-order valence-corrected chi connectivity index (χ1v) is 7.09. The minimum atomic E-state index is 0.172. The number of ether oxygens (including phenoxy) is 1. The summed E-state index contributed by atoms with van der Waals surface area (Å²) in [5.41, 5.74) is 0.172. The van der Waals surface area contributed by atoms with Crippen LogP contribution < -0.4 is 5.32 Å². The van der Waals surface area contributed by atoms with Crippen LogP contribution in [0.2, 0.25) is 0 Å². The van der Waals surface area contributed by atoms with Gasteiger partial charge in [-0.1, -0.05) is 13.8 Å². The fourth-order valence-corrected chi connectivity index (χ4v) is 2.59. The molecule has 0 saturated heterocycles. The lowest BCUT2D eigenvalue weighted by molar-refractivity contribution is -0.0790. The van der Waals surface area contributed by atoms with E-state index in [1.807, 2.05) is 0 Å². The van der Waals surface area contributed by atoms with E-state index in [0.29, 0.717) is 0 Å². The minimum Gasteiger partial charge on any atom is -0.373 e. The lowest BCUT2D eigenvalue weighted by atomic mass is 9.79. The van der Waals surface area contributed by atoms with Gasteiger partial charge in [-0.2, -0.15) is 0 Å². The van der Waals surface area contributed by atoms with Crippen molar-refractivity contribution in [2.75, 3.05) is 19.7 Å². The van der Waals surface area contributed by atoms with Crippen LogP contribution in [0.3, 0.4) is 0 Å². The zero-order chi connectivity index (χ0) is 11.4. The van der Waals surface area contributed by atoms with Gasteiger partial charge in [-0.25, -0.2) is 0 Å². The Hall–Kier alpha value is -0.0800. The quantitative estimate of drug-likeness (QED) is 0.750. The topological polar surface area (TPSA) is 21.3 Å². The van der Waals surface area contributed by atoms with Crippen molar-refractivity contribution < 1.29 is 4.74 Å². The van der Waals surface area contributed by atoms with Crippen LogP contribution in [0.1, 0.15) is 52.4 Å². The van der Waals surface area contributed by atoms with Gasteiger partial charge in [0.15, 0.2) is 0 Å². The molecule has 1 N–H and O–H groups in total. The van der Waals surface area contributed by atoms with E-state index >= 15 is 0 Å². The average Bonchev–Trinajstić information content (AvgIpc) is 3.11. The molecule has 0 amide bonds. The number of likely N-dealkylation sites (N-methyl/N-ethyl adjacent to an activating group) is 1. The summed E-state index contributed by atoms with van der Waals surface area (Å²) in [5.74, 6) is 1.79. The molecule has 0 aromatic rings. The molecule has 2 rings (SSSR count). The fourth-order valence-electron chi connectivity index (χ4n) is 2.59. The van der Waals surface area contributed by atoms with Gasteiger partial charge in [0.2, 0.25) is 0 Å². The van der Waals surface area contributed by atoms with Crippen molar-refractivity contribution in [2.45, 2.75) is 58.0 Å². The molecule has 16 heavy (non-hydrogen) atoms. The third-order valence-corrected chi connectivity index (χ3v) is 4.20. The third kappa shape index (κ3) is 3.46. The van der Waals surface area contributed by atoms with E-state index in [9.17, 15) is 0 Å². The highest BCUT2D eigenvalue weighted by atomic mass is 16.5. The first-order chi connectivity index (χ1) is 7.74. The maximum Gasteiger partial charge on any atom is 0.0806 e. The molecule has 0 radical (unpaired) electrons. The zero-order valence-corrected chi connectivity index (χ0v) is 10.9. The van der Waals surface area contributed by atoms with Crippen LogP contribution in [0.15, 0.2) is 0 Å². The van der Waals surface area contributed by atoms with Crippen molar-refractivity contribution in [3.63, 3.8) is 0 Å². The van der Waals surface area contributed by atoms with Gasteiger partial charge >= 0.3 is 0 Å². The van der Waals surface area contributed by atoms with Gasteiger partial charge in [-0.3, -0.25) is 0 Å². The molecule has 2 nitrogen and oxygen atoms in total. The van der Waals surface area contributed by atoms with Crippen molar-refractivity contribution >= 4 is 0 Å². The van der Waals surface area contributed by atoms with Gasteiger partial charge in [0.1, 0.15) is 0 Å². The van der Waals surface area contributed by atoms with Crippen LogP contribution in [0, 0.1) is 11.8 Å². The van der Waals surface area contributed by atoms with Gasteiger partial charge in [0, 0.05) is 6.54 Å². The summed E-state index contributed by atoms with van der Waals surface area (Å²) in [4.78, 5) is 0. The number of nitrogens with one attached hydrogen (secondary N) is 1. The van der Waals surface area contributed by atoms with Crippen LogP contribution in [0.5, 0.6) is 0 Å². The highest BCUT2D eigenvalue weighted by Gasteiger charge is 2.36. The van der Waals surface area contributed by atoms with Gasteiger partial charge in [0.25, 0.3) is 0 Å². The molecule has 2 heteroatoms. The Bertz CT molecular complexity index is 199. The number of rotatable bonds is 6. The van der Waals surface area contributed by atoms with E-state index in [-0.39, 0.29) is 5.60 Å². The van der Waals surface area contributed by atoms with Crippen LogP contribution in [0.25, 0.3) is 0 Å². The predicted molar refractivity (Wildman–Crippen MR) is 67.6 cm³/mol. The maximum atomic E-state index is 6.28. The second-order valence-electron chi connectivity index (χ2n) is 5.90. The number of hydrogen-bond donors (Lipinski definition) is 1. The summed E-state index contributed by atoms with van der Waals surface area (Å²) in [6.07, 6.45) is 8.00. The first kappa shape index (κ1) is 12.4. The summed E-state index contributed by atoms with van der Waals surface area (Å²) in [5, 5.41) is 3.49. The Morgan fingerprint density at radius 1 is 1.19 bits per heavy atom. The normalized spacial score (nSPS) is 35.2. The molecule has 2 saturated carbocycles. The first-order valence-electron chi connectivity index (χ1n) is 7.09. The van der Waals surface area contributed by atoms with Crippen molar-refractivity contribution in [2.24, 2.45) is 11.8 Å². The van der Waals surface area contributed by atoms with E-state index in [4.69, 9.17) is 4.74 Å². The molecule has 0 aromatic heterocycles. The zero-order valence-electron chi connectivity index (χ0n) is 10.9. The Morgan fingerprint density at radius 2 is 1.88 bits per heavy atom. The molecule has 2 aliphatic carbocycles. The molecule has 94 valence electrons. The smallest absolute Gasteiger partial charge is 0.0806 e. The summed E-state index contributed by atoms with van der Waals surface area (Å²) >= 11 is 0. The second-order valence-corrected chi connectivity index (χ2v) is 5.90. The summed E-state index contributed by atoms with van der Waals surface area (Å²) in [7, 11) is 0. The standard InChI is InChI=1S/C14H27NO/c1-3-15-11-14(16-10-13-4-5-13)8-6-12(2)7-9-14/h12-13,15H,3-11H2,1-2H3. The monoisotopic (exact) mass is 225 g/mol. The highest BCUT2D eigenvalue weighted by Crippen LogP contribution is 2.37. The summed E-state index contributed by atoms with van der Waals surface area (Å²) in [6.45, 7) is 7.69. The molecule has 0 aliphatic heterocycles. The van der Waals surface area contributed by atoms with E-state index in [1.165, 1.54) is 38.5 Å². The van der Waals surface area contributed by atoms with E-state index in [2.05, 4.69) is 19.2 Å². The largest absolute Gasteiger partial charge is 0.373 e. The van der Waals surface area contributed by atoms with E-state index in [0.717, 1.165) is 31.5 Å². The third-order valence-electron chi connectivity index (χ3n) is 4.20. The van der Waals surface area contributed by atoms with Crippen molar-refractivity contribution in [1.29, 1.82) is 0 Å². The van der Waals surface area contributed by atoms with Crippen LogP contribution in [0.4, 0.5) is 0 Å². The fraction of sp³-hybridized carbons (Fsp3) is 1.00. The van der Waals surface area contributed by atoms with Crippen LogP contribution in [-0.4, -0.2) is 25.3 Å². The van der Waals surface area contributed by atoms with Crippen molar-refractivity contribution in [3.8, 4) is 0 Å². The lowest BCUT2D eigenvalue weighted by Crippen LogP contribution is -2.46. The molecule has 0 aromatic carbocycles. The van der Waals surface area contributed by atoms with Crippen molar-refractivity contribution in [3.05, 3.63) is 0 Å². The molecule has 0 spiro atoms. The molecular weight excluding hydrogens is 198 g/mol. The van der Waals surface area contributed by atoms with Crippen molar-refractivity contribution in [1.82, 2.24) is 5.32 Å². The highest BCUT2D eigenvalue weighted by molar-refractivity contribution is 4.89. The Labute approximate surface area is 100 Å². The van der Waals surface area contributed by atoms with Gasteiger partial charge in [-0.15, -0.1) is 0 Å². The summed E-state index contributed by atoms with van der Waals surface area (Å²) in [6, 6.07) is 0. The van der Waals surface area contributed by atoms with Gasteiger partial charge < -0.3 is 10.1 Å². The van der Waals surface area contributed by atoms with Crippen LogP contribution >= 0.6 is 0 Å². The maximum absolute atomic E-state index is 6.28. The molecule has 0 heterocycles. The molecule has 0 bridgehead atoms. The second kappa shape index (κ2) is 5.50. The molecule has 0 unspecified atom stereocenters. The Morgan fingerprint density at radius 3 is 2.44 bits per heavy atom.